The molecule has 0 unspecified atom stereocenters. The first-order valence-electron chi connectivity index (χ1n) is 4.70. The molecule has 0 saturated carbocycles. The first kappa shape index (κ1) is 10.5. The molecule has 0 amide bonds. The van der Waals surface area contributed by atoms with Gasteiger partial charge in [0.05, 0.1) is 0 Å². The Bertz CT molecular complexity index is 243. The largest absolute Gasteiger partial charge is 0.371 e. The molecule has 0 fully saturated rings. The van der Waals surface area contributed by atoms with E-state index in [1.165, 1.54) is 11.3 Å². The molecule has 1 nitrogen and oxygen atoms in total. The first-order valence-corrected chi connectivity index (χ1v) is 5.33. The third-order valence-electron chi connectivity index (χ3n) is 2.15. The van der Waals surface area contributed by atoms with E-state index in [1.54, 1.807) is 0 Å². The number of aryl methyl sites for hydroxylation is 1. The summed E-state index contributed by atoms with van der Waals surface area (Å²) >= 11 is 4.24. The van der Waals surface area contributed by atoms with Gasteiger partial charge in [-0.3, -0.25) is 0 Å². The molecule has 2 heteroatoms. The van der Waals surface area contributed by atoms with Crippen molar-refractivity contribution < 1.29 is 0 Å². The molecule has 0 aliphatic carbocycles. The summed E-state index contributed by atoms with van der Waals surface area (Å²) in [6, 6.07) is 8.64. The highest BCUT2D eigenvalue weighted by atomic mass is 32.1. The Labute approximate surface area is 86.2 Å². The normalized spacial score (nSPS) is 10.1. The molecule has 72 valence electrons. The Morgan fingerprint density at radius 1 is 1.23 bits per heavy atom. The zero-order valence-corrected chi connectivity index (χ0v) is 9.22. The van der Waals surface area contributed by atoms with Crippen molar-refractivity contribution in [1.29, 1.82) is 0 Å². The summed E-state index contributed by atoms with van der Waals surface area (Å²) in [6.07, 6.45) is 0. The fourth-order valence-electron chi connectivity index (χ4n) is 1.35. The molecule has 1 rings (SSSR count). The van der Waals surface area contributed by atoms with E-state index in [2.05, 4.69) is 55.6 Å². The smallest absolute Gasteiger partial charge is 0.0366 e. The van der Waals surface area contributed by atoms with Crippen LogP contribution in [0, 0.1) is 6.92 Å². The van der Waals surface area contributed by atoms with Crippen LogP contribution in [-0.4, -0.2) is 18.8 Å². The van der Waals surface area contributed by atoms with E-state index in [0.717, 1.165) is 18.8 Å². The maximum Gasteiger partial charge on any atom is 0.0366 e. The number of rotatable bonds is 4. The highest BCUT2D eigenvalue weighted by Crippen LogP contribution is 2.14. The lowest BCUT2D eigenvalue weighted by atomic mass is 10.2. The molecule has 1 aromatic carbocycles. The molecule has 0 aliphatic rings. The van der Waals surface area contributed by atoms with E-state index in [-0.39, 0.29) is 0 Å². The van der Waals surface area contributed by atoms with Crippen LogP contribution in [0.4, 0.5) is 5.69 Å². The van der Waals surface area contributed by atoms with Gasteiger partial charge in [0.25, 0.3) is 0 Å². The molecule has 0 radical (unpaired) electrons. The van der Waals surface area contributed by atoms with Crippen molar-refractivity contribution in [3.05, 3.63) is 29.8 Å². The van der Waals surface area contributed by atoms with Gasteiger partial charge in [0.15, 0.2) is 0 Å². The second-order valence-corrected chi connectivity index (χ2v) is 3.59. The van der Waals surface area contributed by atoms with Crippen molar-refractivity contribution >= 4 is 18.3 Å². The maximum atomic E-state index is 4.24. The van der Waals surface area contributed by atoms with Gasteiger partial charge in [-0.25, -0.2) is 0 Å². The average molecular weight is 195 g/mol. The predicted molar refractivity (Wildman–Crippen MR) is 62.9 cm³/mol. The van der Waals surface area contributed by atoms with Gasteiger partial charge in [0, 0.05) is 24.5 Å². The first-order chi connectivity index (χ1) is 6.27. The topological polar surface area (TPSA) is 3.24 Å². The minimum Gasteiger partial charge on any atom is -0.371 e. The monoisotopic (exact) mass is 195 g/mol. The third kappa shape index (κ3) is 2.96. The molecule has 0 bridgehead atoms. The van der Waals surface area contributed by atoms with Crippen molar-refractivity contribution in [3.8, 4) is 0 Å². The van der Waals surface area contributed by atoms with Crippen LogP contribution in [0.5, 0.6) is 0 Å². The van der Waals surface area contributed by atoms with Crippen molar-refractivity contribution in [3.63, 3.8) is 0 Å². The van der Waals surface area contributed by atoms with Crippen LogP contribution < -0.4 is 4.90 Å². The lowest BCUT2D eigenvalue weighted by Crippen LogP contribution is -2.24. The van der Waals surface area contributed by atoms with E-state index < -0.39 is 0 Å². The predicted octanol–water partition coefficient (Wildman–Crippen LogP) is 2.75. The maximum absolute atomic E-state index is 4.24. The molecule has 13 heavy (non-hydrogen) atoms. The van der Waals surface area contributed by atoms with Gasteiger partial charge in [-0.1, -0.05) is 17.7 Å². The minimum absolute atomic E-state index is 0.904. The average Bonchev–Trinajstić information content (AvgIpc) is 2.16. The van der Waals surface area contributed by atoms with Crippen LogP contribution >= 0.6 is 12.6 Å². The van der Waals surface area contributed by atoms with Crippen molar-refractivity contribution in [2.75, 3.05) is 23.7 Å². The van der Waals surface area contributed by atoms with Crippen LogP contribution in [0.2, 0.25) is 0 Å². The molecule has 0 aromatic heterocycles. The number of hydrogen-bond acceptors (Lipinski definition) is 2. The molecule has 0 saturated heterocycles. The Hall–Kier alpha value is -0.630. The molecule has 0 heterocycles. The lowest BCUT2D eigenvalue weighted by Gasteiger charge is -2.22. The summed E-state index contributed by atoms with van der Waals surface area (Å²) in [5.41, 5.74) is 2.60. The van der Waals surface area contributed by atoms with Gasteiger partial charge in [0.1, 0.15) is 0 Å². The summed E-state index contributed by atoms with van der Waals surface area (Å²) in [7, 11) is 0. The quantitative estimate of drug-likeness (QED) is 0.723. The van der Waals surface area contributed by atoms with E-state index >= 15 is 0 Å². The lowest BCUT2D eigenvalue weighted by molar-refractivity contribution is 0.873. The molecule has 0 atom stereocenters. The highest BCUT2D eigenvalue weighted by molar-refractivity contribution is 7.80. The van der Waals surface area contributed by atoms with Gasteiger partial charge in [-0.05, 0) is 26.0 Å². The van der Waals surface area contributed by atoms with Crippen LogP contribution in [0.1, 0.15) is 12.5 Å². The molecule has 1 aromatic rings. The highest BCUT2D eigenvalue weighted by Gasteiger charge is 2.01. The van der Waals surface area contributed by atoms with Gasteiger partial charge in [0.2, 0.25) is 0 Å². The summed E-state index contributed by atoms with van der Waals surface area (Å²) in [4.78, 5) is 2.33. The van der Waals surface area contributed by atoms with Gasteiger partial charge < -0.3 is 4.90 Å². The fraction of sp³-hybridized carbons (Fsp3) is 0.455. The zero-order valence-electron chi connectivity index (χ0n) is 8.33. The second kappa shape index (κ2) is 5.18. The van der Waals surface area contributed by atoms with Crippen molar-refractivity contribution in [1.82, 2.24) is 0 Å². The summed E-state index contributed by atoms with van der Waals surface area (Å²) in [6.45, 7) is 6.34. The Morgan fingerprint density at radius 3 is 2.31 bits per heavy atom. The minimum atomic E-state index is 0.904. The van der Waals surface area contributed by atoms with E-state index in [9.17, 15) is 0 Å². The zero-order chi connectivity index (χ0) is 9.68. The molecular weight excluding hydrogens is 178 g/mol. The number of hydrogen-bond donors (Lipinski definition) is 1. The third-order valence-corrected chi connectivity index (χ3v) is 2.35. The van der Waals surface area contributed by atoms with Crippen molar-refractivity contribution in [2.24, 2.45) is 0 Å². The second-order valence-electron chi connectivity index (χ2n) is 3.14. The van der Waals surface area contributed by atoms with Crippen LogP contribution in [0.15, 0.2) is 24.3 Å². The van der Waals surface area contributed by atoms with Crippen LogP contribution in [-0.2, 0) is 0 Å². The molecule has 0 spiro atoms. The number of anilines is 1. The number of thiol groups is 1. The van der Waals surface area contributed by atoms with E-state index in [0.29, 0.717) is 0 Å². The van der Waals surface area contributed by atoms with E-state index in [4.69, 9.17) is 0 Å². The van der Waals surface area contributed by atoms with Crippen molar-refractivity contribution in [2.45, 2.75) is 13.8 Å². The summed E-state index contributed by atoms with van der Waals surface area (Å²) < 4.78 is 0. The Kier molecular flexibility index (Phi) is 4.16. The van der Waals surface area contributed by atoms with Gasteiger partial charge >= 0.3 is 0 Å². The molecular formula is C11H17NS. The summed E-state index contributed by atoms with van der Waals surface area (Å²) in [5, 5.41) is 0. The number of nitrogens with zero attached hydrogens (tertiary/aromatic N) is 1. The number of benzene rings is 1. The van der Waals surface area contributed by atoms with Crippen LogP contribution in [0.25, 0.3) is 0 Å². The van der Waals surface area contributed by atoms with E-state index in [1.807, 2.05) is 0 Å². The Balaban J connectivity index is 2.73. The van der Waals surface area contributed by atoms with Crippen LogP contribution in [0.3, 0.4) is 0 Å². The van der Waals surface area contributed by atoms with Gasteiger partial charge in [-0.15, -0.1) is 0 Å². The SMILES string of the molecule is CCN(CCS)c1ccc(C)cc1. The standard InChI is InChI=1S/C11H17NS/c1-3-12(8-9-13)11-6-4-10(2)5-7-11/h4-7,13H,3,8-9H2,1-2H3. The molecule has 0 aliphatic heterocycles. The Morgan fingerprint density at radius 2 is 1.85 bits per heavy atom. The van der Waals surface area contributed by atoms with Gasteiger partial charge in [-0.2, -0.15) is 12.6 Å². The molecule has 0 N–H and O–H groups in total. The fourth-order valence-corrected chi connectivity index (χ4v) is 1.59. The summed E-state index contributed by atoms with van der Waals surface area (Å²) in [5.74, 6) is 0.904.